The molecule has 0 unspecified atom stereocenters. The van der Waals surface area contributed by atoms with Crippen molar-refractivity contribution in [1.82, 2.24) is 4.90 Å². The van der Waals surface area contributed by atoms with Crippen LogP contribution in [0.3, 0.4) is 0 Å². The third-order valence-corrected chi connectivity index (χ3v) is 3.58. The summed E-state index contributed by atoms with van der Waals surface area (Å²) in [5.74, 6) is 0.949. The fourth-order valence-corrected chi connectivity index (χ4v) is 2.25. The SMILES string of the molecule is Brc1ccc(OCCCCN2CCOCC2)cc1. The van der Waals surface area contributed by atoms with Gasteiger partial charge in [0.25, 0.3) is 0 Å². The number of halogens is 1. The van der Waals surface area contributed by atoms with Crippen molar-refractivity contribution in [3.8, 4) is 5.75 Å². The van der Waals surface area contributed by atoms with Crippen molar-refractivity contribution in [2.24, 2.45) is 0 Å². The van der Waals surface area contributed by atoms with E-state index in [1.165, 1.54) is 6.42 Å². The molecule has 1 saturated heterocycles. The third-order valence-electron chi connectivity index (χ3n) is 3.05. The smallest absolute Gasteiger partial charge is 0.119 e. The quantitative estimate of drug-likeness (QED) is 0.754. The van der Waals surface area contributed by atoms with Gasteiger partial charge >= 0.3 is 0 Å². The van der Waals surface area contributed by atoms with Gasteiger partial charge < -0.3 is 9.47 Å². The van der Waals surface area contributed by atoms with Crippen molar-refractivity contribution < 1.29 is 9.47 Å². The van der Waals surface area contributed by atoms with Crippen LogP contribution in [0.15, 0.2) is 28.7 Å². The summed E-state index contributed by atoms with van der Waals surface area (Å²) >= 11 is 3.41. The number of benzene rings is 1. The van der Waals surface area contributed by atoms with Gasteiger partial charge in [0.2, 0.25) is 0 Å². The van der Waals surface area contributed by atoms with Gasteiger partial charge in [-0.05, 0) is 43.7 Å². The van der Waals surface area contributed by atoms with E-state index in [2.05, 4.69) is 20.8 Å². The third kappa shape index (κ3) is 4.96. The van der Waals surface area contributed by atoms with Crippen molar-refractivity contribution >= 4 is 15.9 Å². The molecule has 1 fully saturated rings. The van der Waals surface area contributed by atoms with E-state index in [1.807, 2.05) is 24.3 Å². The molecular formula is C14H20BrNO2. The molecule has 18 heavy (non-hydrogen) atoms. The maximum atomic E-state index is 5.69. The van der Waals surface area contributed by atoms with E-state index < -0.39 is 0 Å². The molecule has 0 atom stereocenters. The summed E-state index contributed by atoms with van der Waals surface area (Å²) in [7, 11) is 0. The number of unbranched alkanes of at least 4 members (excludes halogenated alkanes) is 1. The summed E-state index contributed by atoms with van der Waals surface area (Å²) in [5, 5.41) is 0. The fourth-order valence-electron chi connectivity index (χ4n) is 1.98. The monoisotopic (exact) mass is 313 g/mol. The van der Waals surface area contributed by atoms with Crippen LogP contribution in [0.2, 0.25) is 0 Å². The first-order valence-corrected chi connectivity index (χ1v) is 7.32. The molecule has 0 N–H and O–H groups in total. The van der Waals surface area contributed by atoms with Crippen LogP contribution in [-0.2, 0) is 4.74 Å². The Balaban J connectivity index is 1.54. The van der Waals surface area contributed by atoms with Crippen LogP contribution in [0.5, 0.6) is 5.75 Å². The Morgan fingerprint density at radius 3 is 2.56 bits per heavy atom. The van der Waals surface area contributed by atoms with Gasteiger partial charge in [-0.25, -0.2) is 0 Å². The predicted molar refractivity (Wildman–Crippen MR) is 76.1 cm³/mol. The van der Waals surface area contributed by atoms with Crippen LogP contribution >= 0.6 is 15.9 Å². The summed E-state index contributed by atoms with van der Waals surface area (Å²) < 4.78 is 12.1. The Bertz CT molecular complexity index is 336. The average Bonchev–Trinajstić information content (AvgIpc) is 2.42. The van der Waals surface area contributed by atoms with Gasteiger partial charge in [0, 0.05) is 17.6 Å². The van der Waals surface area contributed by atoms with Crippen molar-refractivity contribution in [2.75, 3.05) is 39.5 Å². The standard InChI is InChI=1S/C14H20BrNO2/c15-13-3-5-14(6-4-13)18-10-2-1-7-16-8-11-17-12-9-16/h3-6H,1-2,7-12H2. The Labute approximate surface area is 117 Å². The van der Waals surface area contributed by atoms with Crippen molar-refractivity contribution in [2.45, 2.75) is 12.8 Å². The predicted octanol–water partition coefficient (Wildman–Crippen LogP) is 2.94. The molecule has 0 amide bonds. The first kappa shape index (κ1) is 13.8. The molecule has 2 rings (SSSR count). The number of rotatable bonds is 6. The molecule has 1 heterocycles. The summed E-state index contributed by atoms with van der Waals surface area (Å²) in [6.07, 6.45) is 2.30. The van der Waals surface area contributed by atoms with E-state index >= 15 is 0 Å². The highest BCUT2D eigenvalue weighted by Crippen LogP contribution is 2.16. The number of ether oxygens (including phenoxy) is 2. The van der Waals surface area contributed by atoms with Crippen LogP contribution < -0.4 is 4.74 Å². The molecule has 0 aliphatic carbocycles. The lowest BCUT2D eigenvalue weighted by molar-refractivity contribution is 0.0368. The highest BCUT2D eigenvalue weighted by Gasteiger charge is 2.08. The van der Waals surface area contributed by atoms with Gasteiger partial charge in [0.05, 0.1) is 19.8 Å². The second-order valence-electron chi connectivity index (χ2n) is 4.46. The van der Waals surface area contributed by atoms with Gasteiger partial charge in [0.15, 0.2) is 0 Å². The summed E-state index contributed by atoms with van der Waals surface area (Å²) in [5.41, 5.74) is 0. The van der Waals surface area contributed by atoms with Gasteiger partial charge in [-0.2, -0.15) is 0 Å². The second-order valence-corrected chi connectivity index (χ2v) is 5.38. The maximum absolute atomic E-state index is 5.69. The first-order valence-electron chi connectivity index (χ1n) is 6.53. The van der Waals surface area contributed by atoms with Crippen LogP contribution in [0.4, 0.5) is 0 Å². The maximum Gasteiger partial charge on any atom is 0.119 e. The Morgan fingerprint density at radius 2 is 1.83 bits per heavy atom. The molecule has 0 radical (unpaired) electrons. The minimum absolute atomic E-state index is 0.798. The molecule has 1 aromatic carbocycles. The highest BCUT2D eigenvalue weighted by molar-refractivity contribution is 9.10. The summed E-state index contributed by atoms with van der Waals surface area (Å²) in [6.45, 7) is 5.88. The van der Waals surface area contributed by atoms with Gasteiger partial charge in [-0.1, -0.05) is 15.9 Å². The number of hydrogen-bond acceptors (Lipinski definition) is 3. The molecule has 3 nitrogen and oxygen atoms in total. The fraction of sp³-hybridized carbons (Fsp3) is 0.571. The van der Waals surface area contributed by atoms with Gasteiger partial charge in [-0.3, -0.25) is 4.90 Å². The topological polar surface area (TPSA) is 21.7 Å². The molecule has 0 spiro atoms. The summed E-state index contributed by atoms with van der Waals surface area (Å²) in [4.78, 5) is 2.46. The minimum Gasteiger partial charge on any atom is -0.494 e. The zero-order valence-corrected chi connectivity index (χ0v) is 12.2. The van der Waals surface area contributed by atoms with E-state index in [-0.39, 0.29) is 0 Å². The van der Waals surface area contributed by atoms with E-state index in [9.17, 15) is 0 Å². The van der Waals surface area contributed by atoms with Crippen molar-refractivity contribution in [1.29, 1.82) is 0 Å². The van der Waals surface area contributed by atoms with Crippen molar-refractivity contribution in [3.63, 3.8) is 0 Å². The molecule has 100 valence electrons. The molecular weight excluding hydrogens is 294 g/mol. The van der Waals surface area contributed by atoms with Crippen LogP contribution in [0, 0.1) is 0 Å². The lowest BCUT2D eigenvalue weighted by Crippen LogP contribution is -2.36. The largest absolute Gasteiger partial charge is 0.494 e. The second kappa shape index (κ2) is 7.77. The molecule has 4 heteroatoms. The van der Waals surface area contributed by atoms with Crippen LogP contribution in [0.1, 0.15) is 12.8 Å². The molecule has 0 aromatic heterocycles. The molecule has 1 aliphatic heterocycles. The van der Waals surface area contributed by atoms with E-state index in [0.717, 1.165) is 56.1 Å². The first-order chi connectivity index (χ1) is 8.84. The Morgan fingerprint density at radius 1 is 1.11 bits per heavy atom. The summed E-state index contributed by atoms with van der Waals surface area (Å²) in [6, 6.07) is 7.99. The lowest BCUT2D eigenvalue weighted by atomic mass is 10.3. The number of morpholine rings is 1. The zero-order valence-electron chi connectivity index (χ0n) is 10.6. The molecule has 1 aliphatic rings. The van der Waals surface area contributed by atoms with Crippen LogP contribution in [-0.4, -0.2) is 44.4 Å². The number of hydrogen-bond donors (Lipinski definition) is 0. The highest BCUT2D eigenvalue weighted by atomic mass is 79.9. The normalized spacial score (nSPS) is 16.7. The average molecular weight is 314 g/mol. The minimum atomic E-state index is 0.798. The zero-order chi connectivity index (χ0) is 12.6. The molecule has 1 aromatic rings. The Kier molecular flexibility index (Phi) is 5.97. The van der Waals surface area contributed by atoms with E-state index in [4.69, 9.17) is 9.47 Å². The van der Waals surface area contributed by atoms with Gasteiger partial charge in [-0.15, -0.1) is 0 Å². The Hall–Kier alpha value is -0.580. The number of nitrogens with zero attached hydrogens (tertiary/aromatic N) is 1. The molecule has 0 saturated carbocycles. The van der Waals surface area contributed by atoms with Crippen molar-refractivity contribution in [3.05, 3.63) is 28.7 Å². The lowest BCUT2D eigenvalue weighted by Gasteiger charge is -2.26. The van der Waals surface area contributed by atoms with Crippen LogP contribution in [0.25, 0.3) is 0 Å². The van der Waals surface area contributed by atoms with E-state index in [0.29, 0.717) is 0 Å². The van der Waals surface area contributed by atoms with Gasteiger partial charge in [0.1, 0.15) is 5.75 Å². The molecule has 0 bridgehead atoms. The van der Waals surface area contributed by atoms with E-state index in [1.54, 1.807) is 0 Å².